The fourth-order valence-corrected chi connectivity index (χ4v) is 3.61. The summed E-state index contributed by atoms with van der Waals surface area (Å²) in [5, 5.41) is 2.64. The van der Waals surface area contributed by atoms with E-state index in [4.69, 9.17) is 25.8 Å². The van der Waals surface area contributed by atoms with Gasteiger partial charge in [0.15, 0.2) is 11.5 Å². The van der Waals surface area contributed by atoms with Crippen LogP contribution >= 0.6 is 11.6 Å². The molecule has 9 heteroatoms. The molecular weight excluding hydrogens is 472 g/mol. The van der Waals surface area contributed by atoms with E-state index in [1.165, 1.54) is 19.2 Å². The summed E-state index contributed by atoms with van der Waals surface area (Å²) in [6.07, 6.45) is 0. The number of amides is 2. The van der Waals surface area contributed by atoms with Gasteiger partial charge in [-0.3, -0.25) is 9.59 Å². The number of carbonyl (C=O) groups excluding carboxylic acids is 3. The van der Waals surface area contributed by atoms with Gasteiger partial charge >= 0.3 is 5.97 Å². The van der Waals surface area contributed by atoms with Crippen molar-refractivity contribution < 1.29 is 28.6 Å². The lowest BCUT2D eigenvalue weighted by Crippen LogP contribution is -2.32. The van der Waals surface area contributed by atoms with E-state index in [1.54, 1.807) is 60.7 Å². The fourth-order valence-electron chi connectivity index (χ4n) is 3.40. The Hall–Kier alpha value is -4.30. The first kappa shape index (κ1) is 23.8. The van der Waals surface area contributed by atoms with Crippen LogP contribution < -0.4 is 24.4 Å². The van der Waals surface area contributed by atoms with Gasteiger partial charge < -0.3 is 19.5 Å². The molecule has 0 unspecified atom stereocenters. The Morgan fingerprint density at radius 3 is 2.20 bits per heavy atom. The molecule has 0 bridgehead atoms. The highest BCUT2D eigenvalue weighted by molar-refractivity contribution is 6.53. The molecule has 0 spiro atoms. The Morgan fingerprint density at radius 2 is 1.57 bits per heavy atom. The average molecular weight is 493 g/mol. The lowest BCUT2D eigenvalue weighted by molar-refractivity contribution is -0.120. The van der Waals surface area contributed by atoms with E-state index in [-0.39, 0.29) is 16.3 Å². The maximum Gasteiger partial charge on any atom is 0.343 e. The van der Waals surface area contributed by atoms with Gasteiger partial charge in [-0.2, -0.15) is 0 Å². The highest BCUT2D eigenvalue weighted by Crippen LogP contribution is 2.31. The number of esters is 1. The van der Waals surface area contributed by atoms with E-state index >= 15 is 0 Å². The van der Waals surface area contributed by atoms with Crippen molar-refractivity contribution >= 4 is 40.8 Å². The van der Waals surface area contributed by atoms with Gasteiger partial charge in [0.25, 0.3) is 11.8 Å². The molecule has 1 heterocycles. The number of halogens is 1. The number of rotatable bonds is 8. The molecule has 4 rings (SSSR count). The standard InChI is InChI=1S/C26H21ClN2O6/c1-3-34-19-14-12-18(13-15-19)29-24(30)22(27)23(25(29)31)28-17-10-8-16(9-11-17)26(32)35-21-7-5-4-6-20(21)33-2/h4-15,28H,3H2,1-2H3. The Labute approximate surface area is 206 Å². The molecule has 1 aliphatic heterocycles. The van der Waals surface area contributed by atoms with E-state index in [1.807, 2.05) is 6.92 Å². The summed E-state index contributed by atoms with van der Waals surface area (Å²) in [5.74, 6) is -0.459. The van der Waals surface area contributed by atoms with Crippen LogP contribution in [-0.4, -0.2) is 31.5 Å². The Bertz CT molecular complexity index is 1300. The topological polar surface area (TPSA) is 94.2 Å². The molecule has 0 fully saturated rings. The van der Waals surface area contributed by atoms with Crippen LogP contribution in [0, 0.1) is 0 Å². The molecule has 0 atom stereocenters. The molecule has 0 radical (unpaired) electrons. The third kappa shape index (κ3) is 4.97. The SMILES string of the molecule is CCOc1ccc(N2C(=O)C(Cl)=C(Nc3ccc(C(=O)Oc4ccccc4OC)cc3)C2=O)cc1. The number of nitrogens with zero attached hydrogens (tertiary/aromatic N) is 1. The average Bonchev–Trinajstić information content (AvgIpc) is 3.08. The number of hydrogen-bond acceptors (Lipinski definition) is 7. The predicted octanol–water partition coefficient (Wildman–Crippen LogP) is 4.75. The van der Waals surface area contributed by atoms with E-state index < -0.39 is 17.8 Å². The van der Waals surface area contributed by atoms with Crippen LogP contribution in [0.1, 0.15) is 17.3 Å². The number of nitrogens with one attached hydrogen (secondary N) is 1. The molecule has 0 saturated heterocycles. The van der Waals surface area contributed by atoms with Crippen molar-refractivity contribution in [1.29, 1.82) is 0 Å². The molecule has 2 amide bonds. The normalized spacial score (nSPS) is 13.2. The van der Waals surface area contributed by atoms with Crippen molar-refractivity contribution in [3.8, 4) is 17.2 Å². The molecule has 0 aliphatic carbocycles. The van der Waals surface area contributed by atoms with E-state index in [0.717, 1.165) is 4.90 Å². The predicted molar refractivity (Wildman–Crippen MR) is 131 cm³/mol. The second kappa shape index (κ2) is 10.3. The van der Waals surface area contributed by atoms with Crippen molar-refractivity contribution in [2.45, 2.75) is 6.92 Å². The zero-order chi connectivity index (χ0) is 24.9. The Balaban J connectivity index is 1.46. The van der Waals surface area contributed by atoms with Gasteiger partial charge in [0, 0.05) is 5.69 Å². The Morgan fingerprint density at radius 1 is 0.914 bits per heavy atom. The summed E-state index contributed by atoms with van der Waals surface area (Å²) >= 11 is 6.19. The second-order valence-corrected chi connectivity index (χ2v) is 7.68. The van der Waals surface area contributed by atoms with Crippen LogP contribution in [0.15, 0.2) is 83.5 Å². The first-order valence-corrected chi connectivity index (χ1v) is 11.0. The second-order valence-electron chi connectivity index (χ2n) is 7.30. The maximum atomic E-state index is 13.0. The largest absolute Gasteiger partial charge is 0.494 e. The molecule has 0 saturated carbocycles. The Kier molecular flexibility index (Phi) is 7.03. The summed E-state index contributed by atoms with van der Waals surface area (Å²) in [6.45, 7) is 2.36. The summed E-state index contributed by atoms with van der Waals surface area (Å²) in [6, 6.07) is 19.6. The van der Waals surface area contributed by atoms with E-state index in [2.05, 4.69) is 5.32 Å². The van der Waals surface area contributed by atoms with Gasteiger partial charge in [-0.15, -0.1) is 0 Å². The monoisotopic (exact) mass is 492 g/mol. The van der Waals surface area contributed by atoms with Crippen molar-refractivity contribution in [2.24, 2.45) is 0 Å². The maximum absolute atomic E-state index is 13.0. The van der Waals surface area contributed by atoms with Gasteiger partial charge in [0.05, 0.1) is 25.0 Å². The lowest BCUT2D eigenvalue weighted by atomic mass is 10.2. The van der Waals surface area contributed by atoms with Crippen molar-refractivity contribution in [1.82, 2.24) is 0 Å². The number of hydrogen-bond donors (Lipinski definition) is 1. The zero-order valence-corrected chi connectivity index (χ0v) is 19.7. The van der Waals surface area contributed by atoms with Gasteiger partial charge in [-0.1, -0.05) is 23.7 Å². The van der Waals surface area contributed by atoms with Crippen LogP contribution in [0.3, 0.4) is 0 Å². The number of carbonyl (C=O) groups is 3. The quantitative estimate of drug-likeness (QED) is 0.275. The van der Waals surface area contributed by atoms with Crippen LogP contribution in [0.25, 0.3) is 0 Å². The first-order valence-electron chi connectivity index (χ1n) is 10.7. The van der Waals surface area contributed by atoms with Gasteiger partial charge in [0.2, 0.25) is 0 Å². The molecule has 1 N–H and O–H groups in total. The minimum Gasteiger partial charge on any atom is -0.494 e. The molecule has 0 aromatic heterocycles. The zero-order valence-electron chi connectivity index (χ0n) is 18.9. The van der Waals surface area contributed by atoms with Gasteiger partial charge in [-0.05, 0) is 67.6 Å². The number of imide groups is 1. The molecule has 8 nitrogen and oxygen atoms in total. The third-order valence-corrected chi connectivity index (χ3v) is 5.45. The highest BCUT2D eigenvalue weighted by Gasteiger charge is 2.39. The number of para-hydroxylation sites is 2. The molecule has 1 aliphatic rings. The molecular formula is C26H21ClN2O6. The number of methoxy groups -OCH3 is 1. The number of ether oxygens (including phenoxy) is 3. The number of benzene rings is 3. The van der Waals surface area contributed by atoms with Crippen LogP contribution in [-0.2, 0) is 9.59 Å². The van der Waals surface area contributed by atoms with Crippen LogP contribution in [0.5, 0.6) is 17.2 Å². The fraction of sp³-hybridized carbons (Fsp3) is 0.115. The minimum absolute atomic E-state index is 0.0603. The summed E-state index contributed by atoms with van der Waals surface area (Å²) < 4.78 is 16.0. The molecule has 35 heavy (non-hydrogen) atoms. The summed E-state index contributed by atoms with van der Waals surface area (Å²) in [4.78, 5) is 39.1. The van der Waals surface area contributed by atoms with E-state index in [0.29, 0.717) is 35.2 Å². The molecule has 3 aromatic carbocycles. The van der Waals surface area contributed by atoms with Crippen molar-refractivity contribution in [2.75, 3.05) is 23.9 Å². The third-order valence-electron chi connectivity index (χ3n) is 5.09. The highest BCUT2D eigenvalue weighted by atomic mass is 35.5. The number of anilines is 2. The van der Waals surface area contributed by atoms with Crippen LogP contribution in [0.4, 0.5) is 11.4 Å². The smallest absolute Gasteiger partial charge is 0.343 e. The summed E-state index contributed by atoms with van der Waals surface area (Å²) in [7, 11) is 1.49. The van der Waals surface area contributed by atoms with Gasteiger partial charge in [-0.25, -0.2) is 9.69 Å². The van der Waals surface area contributed by atoms with Crippen LogP contribution in [0.2, 0.25) is 0 Å². The van der Waals surface area contributed by atoms with Gasteiger partial charge in [0.1, 0.15) is 16.5 Å². The molecule has 3 aromatic rings. The van der Waals surface area contributed by atoms with Crippen molar-refractivity contribution in [3.63, 3.8) is 0 Å². The molecule has 178 valence electrons. The van der Waals surface area contributed by atoms with E-state index in [9.17, 15) is 14.4 Å². The van der Waals surface area contributed by atoms with Crippen molar-refractivity contribution in [3.05, 3.63) is 89.1 Å². The lowest BCUT2D eigenvalue weighted by Gasteiger charge is -2.15. The minimum atomic E-state index is -0.639. The summed E-state index contributed by atoms with van der Waals surface area (Å²) in [5.41, 5.74) is 1.05. The first-order chi connectivity index (χ1) is 16.9.